The SMILES string of the molecule is COC(=O)C1(c2cccc(OCCc3cccc(OC)c3)c2)CC1C(=O)NO. The molecule has 1 amide bonds. The molecule has 1 fully saturated rings. The molecule has 0 bridgehead atoms. The Morgan fingerprint density at radius 1 is 1.14 bits per heavy atom. The zero-order chi connectivity index (χ0) is 20.1. The van der Waals surface area contributed by atoms with E-state index >= 15 is 0 Å². The third kappa shape index (κ3) is 3.80. The third-order valence-electron chi connectivity index (χ3n) is 5.08. The Labute approximate surface area is 163 Å². The van der Waals surface area contributed by atoms with Crippen molar-refractivity contribution in [2.45, 2.75) is 18.3 Å². The Bertz CT molecular complexity index is 867. The molecule has 2 atom stereocenters. The molecular formula is C21H23NO6. The van der Waals surface area contributed by atoms with E-state index in [1.54, 1.807) is 36.9 Å². The van der Waals surface area contributed by atoms with Crippen LogP contribution in [0.3, 0.4) is 0 Å². The first-order chi connectivity index (χ1) is 13.5. The fourth-order valence-electron chi connectivity index (χ4n) is 3.48. The zero-order valence-electron chi connectivity index (χ0n) is 15.8. The van der Waals surface area contributed by atoms with Gasteiger partial charge < -0.3 is 14.2 Å². The van der Waals surface area contributed by atoms with Gasteiger partial charge in [0.15, 0.2) is 0 Å². The van der Waals surface area contributed by atoms with Crippen molar-refractivity contribution in [1.82, 2.24) is 5.48 Å². The maximum atomic E-state index is 12.4. The van der Waals surface area contributed by atoms with E-state index in [0.717, 1.165) is 11.3 Å². The lowest BCUT2D eigenvalue weighted by Gasteiger charge is -2.16. The summed E-state index contributed by atoms with van der Waals surface area (Å²) in [4.78, 5) is 24.2. The molecule has 0 saturated heterocycles. The van der Waals surface area contributed by atoms with E-state index in [9.17, 15) is 9.59 Å². The van der Waals surface area contributed by atoms with Crippen molar-refractivity contribution < 1.29 is 29.0 Å². The average molecular weight is 385 g/mol. The Hall–Kier alpha value is -3.06. The highest BCUT2D eigenvalue weighted by molar-refractivity contribution is 5.97. The summed E-state index contributed by atoms with van der Waals surface area (Å²) in [5.41, 5.74) is 2.25. The van der Waals surface area contributed by atoms with Crippen LogP contribution < -0.4 is 15.0 Å². The minimum Gasteiger partial charge on any atom is -0.497 e. The van der Waals surface area contributed by atoms with E-state index in [4.69, 9.17) is 19.4 Å². The van der Waals surface area contributed by atoms with Crippen LogP contribution in [0, 0.1) is 5.92 Å². The van der Waals surface area contributed by atoms with Crippen LogP contribution in [0.5, 0.6) is 11.5 Å². The molecule has 2 unspecified atom stereocenters. The summed E-state index contributed by atoms with van der Waals surface area (Å²) >= 11 is 0. The lowest BCUT2D eigenvalue weighted by Crippen LogP contribution is -2.31. The number of hydrogen-bond acceptors (Lipinski definition) is 6. The van der Waals surface area contributed by atoms with E-state index in [2.05, 4.69) is 0 Å². The molecule has 2 N–H and O–H groups in total. The van der Waals surface area contributed by atoms with Gasteiger partial charge in [-0.3, -0.25) is 14.8 Å². The second-order valence-electron chi connectivity index (χ2n) is 6.67. The Morgan fingerprint density at radius 2 is 1.89 bits per heavy atom. The maximum Gasteiger partial charge on any atom is 0.317 e. The van der Waals surface area contributed by atoms with Gasteiger partial charge in [0.2, 0.25) is 5.91 Å². The van der Waals surface area contributed by atoms with E-state index in [0.29, 0.717) is 24.3 Å². The summed E-state index contributed by atoms with van der Waals surface area (Å²) in [6, 6.07) is 14.8. The lowest BCUT2D eigenvalue weighted by atomic mass is 9.92. The first-order valence-electron chi connectivity index (χ1n) is 8.93. The number of rotatable bonds is 8. The Balaban J connectivity index is 1.71. The summed E-state index contributed by atoms with van der Waals surface area (Å²) in [6.45, 7) is 0.447. The van der Waals surface area contributed by atoms with Crippen LogP contribution in [0.1, 0.15) is 17.5 Å². The largest absolute Gasteiger partial charge is 0.497 e. The molecule has 148 valence electrons. The molecule has 7 heteroatoms. The predicted molar refractivity (Wildman–Crippen MR) is 100 cm³/mol. The highest BCUT2D eigenvalue weighted by atomic mass is 16.5. The number of amides is 1. The molecule has 1 saturated carbocycles. The van der Waals surface area contributed by atoms with Crippen LogP contribution in [0.15, 0.2) is 48.5 Å². The van der Waals surface area contributed by atoms with Gasteiger partial charge in [-0.15, -0.1) is 0 Å². The minimum absolute atomic E-state index is 0.277. The van der Waals surface area contributed by atoms with E-state index in [-0.39, 0.29) is 6.42 Å². The number of ether oxygens (including phenoxy) is 3. The third-order valence-corrected chi connectivity index (χ3v) is 5.08. The van der Waals surface area contributed by atoms with Crippen molar-refractivity contribution in [3.8, 4) is 11.5 Å². The summed E-state index contributed by atoms with van der Waals surface area (Å²) in [5, 5.41) is 8.91. The Morgan fingerprint density at radius 3 is 2.61 bits per heavy atom. The van der Waals surface area contributed by atoms with Gasteiger partial charge in [0.1, 0.15) is 16.9 Å². The highest BCUT2D eigenvalue weighted by Gasteiger charge is 2.65. The molecule has 3 rings (SSSR count). The molecule has 2 aromatic carbocycles. The lowest BCUT2D eigenvalue weighted by molar-refractivity contribution is -0.146. The van der Waals surface area contributed by atoms with Crippen molar-refractivity contribution in [3.63, 3.8) is 0 Å². The molecule has 28 heavy (non-hydrogen) atoms. The topological polar surface area (TPSA) is 94.1 Å². The van der Waals surface area contributed by atoms with E-state index in [1.165, 1.54) is 7.11 Å². The molecule has 7 nitrogen and oxygen atoms in total. The summed E-state index contributed by atoms with van der Waals surface area (Å²) in [6.07, 6.45) is 0.971. The number of carbonyl (C=O) groups excluding carboxylic acids is 2. The molecule has 1 aliphatic rings. The molecule has 0 aliphatic heterocycles. The van der Waals surface area contributed by atoms with Gasteiger partial charge in [0.05, 0.1) is 26.7 Å². The minimum atomic E-state index is -1.09. The van der Waals surface area contributed by atoms with Gasteiger partial charge in [-0.25, -0.2) is 5.48 Å². The van der Waals surface area contributed by atoms with Crippen LogP contribution in [0.4, 0.5) is 0 Å². The molecule has 0 aromatic heterocycles. The van der Waals surface area contributed by atoms with Crippen molar-refractivity contribution in [3.05, 3.63) is 59.7 Å². The first kappa shape index (κ1) is 19.7. The predicted octanol–water partition coefficient (Wildman–Crippen LogP) is 2.25. The fourth-order valence-corrected chi connectivity index (χ4v) is 3.48. The number of carbonyl (C=O) groups is 2. The van der Waals surface area contributed by atoms with Crippen molar-refractivity contribution >= 4 is 11.9 Å². The van der Waals surface area contributed by atoms with Crippen molar-refractivity contribution in [2.75, 3.05) is 20.8 Å². The van der Waals surface area contributed by atoms with Gasteiger partial charge in [-0.1, -0.05) is 24.3 Å². The molecular weight excluding hydrogens is 362 g/mol. The molecule has 1 aliphatic carbocycles. The molecule has 0 radical (unpaired) electrons. The number of benzene rings is 2. The number of hydroxylamine groups is 1. The fraction of sp³-hybridized carbons (Fsp3) is 0.333. The molecule has 0 heterocycles. The standard InChI is InChI=1S/C21H23NO6/c1-26-16-7-3-5-14(11-16)9-10-28-17-8-4-6-15(12-17)21(20(24)27-2)13-18(21)19(23)22-25/h3-8,11-12,18,25H,9-10,13H2,1-2H3,(H,22,23). The summed E-state index contributed by atoms with van der Waals surface area (Å²) in [5.74, 6) is -0.387. The summed E-state index contributed by atoms with van der Waals surface area (Å²) in [7, 11) is 2.91. The first-order valence-corrected chi connectivity index (χ1v) is 8.93. The van der Waals surface area contributed by atoms with Crippen LogP contribution in [-0.2, 0) is 26.2 Å². The van der Waals surface area contributed by atoms with Gasteiger partial charge in [0, 0.05) is 6.42 Å². The van der Waals surface area contributed by atoms with Crippen LogP contribution >= 0.6 is 0 Å². The normalized spacial score (nSPS) is 20.2. The van der Waals surface area contributed by atoms with Crippen molar-refractivity contribution in [1.29, 1.82) is 0 Å². The number of esters is 1. The van der Waals surface area contributed by atoms with E-state index in [1.807, 2.05) is 24.3 Å². The van der Waals surface area contributed by atoms with Gasteiger partial charge in [0.25, 0.3) is 0 Å². The second-order valence-corrected chi connectivity index (χ2v) is 6.67. The Kier molecular flexibility index (Phi) is 5.84. The van der Waals surface area contributed by atoms with Gasteiger partial charge >= 0.3 is 5.97 Å². The van der Waals surface area contributed by atoms with E-state index < -0.39 is 23.2 Å². The number of methoxy groups -OCH3 is 2. The highest BCUT2D eigenvalue weighted by Crippen LogP contribution is 2.55. The monoisotopic (exact) mass is 385 g/mol. The summed E-state index contributed by atoms with van der Waals surface area (Å²) < 4.78 is 16.0. The number of nitrogens with one attached hydrogen (secondary N) is 1. The van der Waals surface area contributed by atoms with Crippen LogP contribution in [0.25, 0.3) is 0 Å². The smallest absolute Gasteiger partial charge is 0.317 e. The van der Waals surface area contributed by atoms with Gasteiger partial charge in [-0.2, -0.15) is 0 Å². The van der Waals surface area contributed by atoms with Crippen molar-refractivity contribution in [2.24, 2.45) is 5.92 Å². The maximum absolute atomic E-state index is 12.4. The van der Waals surface area contributed by atoms with Crippen LogP contribution in [-0.4, -0.2) is 37.9 Å². The number of hydrogen-bond donors (Lipinski definition) is 2. The van der Waals surface area contributed by atoms with Gasteiger partial charge in [-0.05, 0) is 41.8 Å². The quantitative estimate of drug-likeness (QED) is 0.411. The second kappa shape index (κ2) is 8.31. The molecule has 2 aromatic rings. The van der Waals surface area contributed by atoms with Crippen LogP contribution in [0.2, 0.25) is 0 Å². The average Bonchev–Trinajstić information content (AvgIpc) is 3.50. The zero-order valence-corrected chi connectivity index (χ0v) is 15.8. The molecule has 0 spiro atoms.